The molecule has 1 fully saturated rings. The van der Waals surface area contributed by atoms with Crippen LogP contribution in [-0.4, -0.2) is 48.6 Å². The summed E-state index contributed by atoms with van der Waals surface area (Å²) in [5.74, 6) is 0. The minimum absolute atomic E-state index is 0.155. The van der Waals surface area contributed by atoms with Crippen LogP contribution in [0.3, 0.4) is 0 Å². The van der Waals surface area contributed by atoms with E-state index in [1.807, 2.05) is 30.3 Å². The van der Waals surface area contributed by atoms with Crippen molar-refractivity contribution >= 4 is 17.1 Å². The van der Waals surface area contributed by atoms with Gasteiger partial charge in [-0.25, -0.2) is 4.79 Å². The highest BCUT2D eigenvalue weighted by atomic mass is 16.2. The van der Waals surface area contributed by atoms with Gasteiger partial charge in [0.25, 0.3) is 5.56 Å². The smallest absolute Gasteiger partial charge is 0.345 e. The van der Waals surface area contributed by atoms with Crippen LogP contribution in [0.4, 0.5) is 4.79 Å². The molecule has 5 rings (SSSR count). The Morgan fingerprint density at radius 2 is 1.88 bits per heavy atom. The number of fused-ring (bicyclic) bond motifs is 3. The van der Waals surface area contributed by atoms with E-state index in [1.165, 1.54) is 9.36 Å². The van der Waals surface area contributed by atoms with Crippen molar-refractivity contribution in [3.05, 3.63) is 53.1 Å². The van der Waals surface area contributed by atoms with Crippen LogP contribution in [0.2, 0.25) is 0 Å². The molecule has 1 amide bonds. The molecule has 0 atom stereocenters. The molecular formula is C18H16N6O2. The molecule has 0 spiro atoms. The van der Waals surface area contributed by atoms with Gasteiger partial charge >= 0.3 is 6.03 Å². The number of benzene rings is 1. The van der Waals surface area contributed by atoms with E-state index in [-0.39, 0.29) is 11.6 Å². The average molecular weight is 348 g/mol. The summed E-state index contributed by atoms with van der Waals surface area (Å²) in [5.41, 5.74) is 2.04. The Labute approximate surface area is 148 Å². The first kappa shape index (κ1) is 14.9. The van der Waals surface area contributed by atoms with Crippen LogP contribution >= 0.6 is 0 Å². The molecule has 1 N–H and O–H groups in total. The van der Waals surface area contributed by atoms with E-state index in [0.29, 0.717) is 28.0 Å². The highest BCUT2D eigenvalue weighted by Gasteiger charge is 2.25. The summed E-state index contributed by atoms with van der Waals surface area (Å²) >= 11 is 0. The fourth-order valence-electron chi connectivity index (χ4n) is 3.48. The number of pyridine rings is 1. The van der Waals surface area contributed by atoms with Gasteiger partial charge in [0, 0.05) is 19.3 Å². The maximum atomic E-state index is 12.7. The van der Waals surface area contributed by atoms with Gasteiger partial charge in [-0.05, 0) is 25.0 Å². The van der Waals surface area contributed by atoms with Gasteiger partial charge in [0.05, 0.1) is 22.8 Å². The normalized spacial score (nSPS) is 14.5. The third kappa shape index (κ3) is 2.08. The standard InChI is InChI=1S/C18H16N6O2/c25-17-14-10-19-16-13(11-20-24(16)18(26)22-8-4-5-9-22)15(14)21-23(17)12-6-2-1-3-7-12/h1-3,6-7,10-11,19H,4-5,8-9H2. The van der Waals surface area contributed by atoms with E-state index in [9.17, 15) is 9.59 Å². The number of aromatic nitrogens is 5. The van der Waals surface area contributed by atoms with Crippen molar-refractivity contribution in [2.75, 3.05) is 13.1 Å². The molecule has 0 bridgehead atoms. The van der Waals surface area contributed by atoms with Gasteiger partial charge in [0.1, 0.15) is 11.3 Å². The van der Waals surface area contributed by atoms with Gasteiger partial charge < -0.3 is 9.88 Å². The van der Waals surface area contributed by atoms with E-state index in [0.717, 1.165) is 25.9 Å². The number of likely N-dealkylation sites (tertiary alicyclic amines) is 1. The molecule has 3 aliphatic heterocycles. The van der Waals surface area contributed by atoms with Crippen LogP contribution < -0.4 is 5.56 Å². The van der Waals surface area contributed by atoms with Crippen molar-refractivity contribution in [1.82, 2.24) is 29.4 Å². The van der Waals surface area contributed by atoms with Gasteiger partial charge in [-0.3, -0.25) is 4.79 Å². The lowest BCUT2D eigenvalue weighted by atomic mass is 10.2. The van der Waals surface area contributed by atoms with Gasteiger partial charge in [-0.1, -0.05) is 18.2 Å². The summed E-state index contributed by atoms with van der Waals surface area (Å²) in [5, 5.41) is 9.39. The molecular weight excluding hydrogens is 332 g/mol. The number of nitrogens with zero attached hydrogens (tertiary/aromatic N) is 5. The van der Waals surface area contributed by atoms with E-state index in [4.69, 9.17) is 0 Å². The Bertz CT molecular complexity index is 1130. The number of carbonyl (C=O) groups is 1. The van der Waals surface area contributed by atoms with Crippen molar-refractivity contribution in [1.29, 1.82) is 0 Å². The van der Waals surface area contributed by atoms with Crippen LogP contribution in [0.5, 0.6) is 0 Å². The number of hydrogen-bond acceptors (Lipinski definition) is 4. The predicted octanol–water partition coefficient (Wildman–Crippen LogP) is 2.08. The van der Waals surface area contributed by atoms with Crippen LogP contribution in [0.25, 0.3) is 28.0 Å². The number of hydrogen-bond donors (Lipinski definition) is 1. The topological polar surface area (TPSA) is 88.8 Å². The molecule has 0 radical (unpaired) electrons. The molecule has 1 aromatic carbocycles. The summed E-state index contributed by atoms with van der Waals surface area (Å²) in [7, 11) is 0. The summed E-state index contributed by atoms with van der Waals surface area (Å²) in [4.78, 5) is 30.2. The molecule has 2 aromatic rings. The lowest BCUT2D eigenvalue weighted by Crippen LogP contribution is -2.32. The molecule has 1 aromatic heterocycles. The van der Waals surface area contributed by atoms with Gasteiger partial charge in [-0.2, -0.15) is 19.6 Å². The molecule has 0 saturated carbocycles. The monoisotopic (exact) mass is 348 g/mol. The van der Waals surface area contributed by atoms with E-state index in [1.54, 1.807) is 17.3 Å². The molecule has 130 valence electrons. The van der Waals surface area contributed by atoms with Crippen LogP contribution in [0.15, 0.2) is 47.5 Å². The van der Waals surface area contributed by atoms with Crippen molar-refractivity contribution in [3.63, 3.8) is 0 Å². The largest absolute Gasteiger partial charge is 0.346 e. The van der Waals surface area contributed by atoms with E-state index in [2.05, 4.69) is 15.2 Å². The lowest BCUT2D eigenvalue weighted by Gasteiger charge is -2.14. The first-order valence-electron chi connectivity index (χ1n) is 8.57. The summed E-state index contributed by atoms with van der Waals surface area (Å²) in [6, 6.07) is 9.10. The maximum absolute atomic E-state index is 12.7. The van der Waals surface area contributed by atoms with Gasteiger partial charge in [0.15, 0.2) is 0 Å². The number of aromatic amines is 1. The number of amides is 1. The zero-order valence-corrected chi connectivity index (χ0v) is 13.9. The van der Waals surface area contributed by atoms with Crippen molar-refractivity contribution in [2.24, 2.45) is 0 Å². The first-order valence-corrected chi connectivity index (χ1v) is 8.57. The zero-order valence-electron chi connectivity index (χ0n) is 13.9. The Morgan fingerprint density at radius 3 is 2.65 bits per heavy atom. The predicted molar refractivity (Wildman–Crippen MR) is 95.7 cm³/mol. The van der Waals surface area contributed by atoms with Crippen LogP contribution in [0.1, 0.15) is 12.8 Å². The van der Waals surface area contributed by atoms with Crippen LogP contribution in [0, 0.1) is 0 Å². The Kier molecular flexibility index (Phi) is 3.18. The lowest BCUT2D eigenvalue weighted by molar-refractivity contribution is 0.208. The minimum atomic E-state index is -0.206. The second kappa shape index (κ2) is 5.55. The van der Waals surface area contributed by atoms with Gasteiger partial charge in [-0.15, -0.1) is 0 Å². The molecule has 8 heteroatoms. The molecule has 26 heavy (non-hydrogen) atoms. The quantitative estimate of drug-likeness (QED) is 0.570. The number of rotatable bonds is 1. The fourth-order valence-corrected chi connectivity index (χ4v) is 3.48. The third-order valence-electron chi connectivity index (χ3n) is 4.81. The molecule has 0 aliphatic carbocycles. The second-order valence-corrected chi connectivity index (χ2v) is 6.40. The van der Waals surface area contributed by atoms with Crippen LogP contribution in [-0.2, 0) is 0 Å². The summed E-state index contributed by atoms with van der Waals surface area (Å²) in [6.45, 7) is 1.49. The van der Waals surface area contributed by atoms with E-state index < -0.39 is 0 Å². The molecule has 4 heterocycles. The van der Waals surface area contributed by atoms with Gasteiger partial charge in [0.2, 0.25) is 0 Å². The number of para-hydroxylation sites is 1. The highest BCUT2D eigenvalue weighted by Crippen LogP contribution is 2.26. The molecule has 8 nitrogen and oxygen atoms in total. The summed E-state index contributed by atoms with van der Waals surface area (Å²) in [6.07, 6.45) is 5.21. The Hall–Kier alpha value is -3.42. The van der Waals surface area contributed by atoms with Crippen molar-refractivity contribution in [3.8, 4) is 16.9 Å². The molecule has 3 aliphatic rings. The highest BCUT2D eigenvalue weighted by molar-refractivity contribution is 5.95. The second-order valence-electron chi connectivity index (χ2n) is 6.40. The Balaban J connectivity index is 1.68. The molecule has 1 saturated heterocycles. The molecule has 0 unspecified atom stereocenters. The number of H-pyrrole nitrogens is 1. The minimum Gasteiger partial charge on any atom is -0.345 e. The Morgan fingerprint density at radius 1 is 1.12 bits per heavy atom. The van der Waals surface area contributed by atoms with Crippen molar-refractivity contribution < 1.29 is 4.79 Å². The average Bonchev–Trinajstić information content (AvgIpc) is 3.40. The maximum Gasteiger partial charge on any atom is 0.346 e. The first-order chi connectivity index (χ1) is 12.7. The number of nitrogens with one attached hydrogen (secondary N) is 1. The van der Waals surface area contributed by atoms with E-state index >= 15 is 0 Å². The fraction of sp³-hybridized carbons (Fsp3) is 0.222. The zero-order chi connectivity index (χ0) is 17.7. The van der Waals surface area contributed by atoms with Crippen molar-refractivity contribution in [2.45, 2.75) is 12.8 Å². The summed E-state index contributed by atoms with van der Waals surface area (Å²) < 4.78 is 2.73. The SMILES string of the molecule is O=C(N1CCCC1)n1ncc2c3nn(-c4ccccc4)c(=O)c-3c[nH]c21. The number of carbonyl (C=O) groups excluding carboxylic acids is 1. The third-order valence-corrected chi connectivity index (χ3v) is 4.81.